The number of amides is 2. The lowest BCUT2D eigenvalue weighted by atomic mass is 9.94. The van der Waals surface area contributed by atoms with Gasteiger partial charge in [-0.25, -0.2) is 14.2 Å². The second-order valence-corrected chi connectivity index (χ2v) is 8.58. The van der Waals surface area contributed by atoms with Gasteiger partial charge >= 0.3 is 5.97 Å². The van der Waals surface area contributed by atoms with Crippen molar-refractivity contribution in [1.29, 1.82) is 0 Å². The summed E-state index contributed by atoms with van der Waals surface area (Å²) in [6, 6.07) is 11.4. The number of fused-ring (bicyclic) bond motifs is 1. The van der Waals surface area contributed by atoms with E-state index in [0.717, 1.165) is 11.8 Å². The van der Waals surface area contributed by atoms with Gasteiger partial charge in [0.05, 0.1) is 35.9 Å². The van der Waals surface area contributed by atoms with Gasteiger partial charge < -0.3 is 14.8 Å². The predicted octanol–water partition coefficient (Wildman–Crippen LogP) is 4.60. The van der Waals surface area contributed by atoms with Crippen molar-refractivity contribution in [3.05, 3.63) is 82.2 Å². The van der Waals surface area contributed by atoms with Crippen LogP contribution in [0.2, 0.25) is 0 Å². The molecule has 2 aromatic rings. The number of esters is 1. The predicted molar refractivity (Wildman–Crippen MR) is 137 cm³/mol. The molecule has 0 saturated heterocycles. The molecule has 1 N–H and O–H groups in total. The number of hydrogen-bond acceptors (Lipinski definition) is 7. The van der Waals surface area contributed by atoms with Crippen LogP contribution in [0.5, 0.6) is 5.75 Å². The molecule has 0 radical (unpaired) electrons. The van der Waals surface area contributed by atoms with E-state index < -0.39 is 29.6 Å². The molecule has 8 nitrogen and oxygen atoms in total. The monoisotopic (exact) mass is 531 g/mol. The molecular formula is C25H23ClFN3O5S. The Morgan fingerprint density at radius 2 is 1.81 bits per heavy atom. The second kappa shape index (κ2) is 11.4. The number of amidine groups is 1. The van der Waals surface area contributed by atoms with Crippen molar-refractivity contribution in [1.82, 2.24) is 4.90 Å². The quantitative estimate of drug-likeness (QED) is 0.547. The van der Waals surface area contributed by atoms with E-state index >= 15 is 0 Å². The maximum Gasteiger partial charge on any atom is 0.338 e. The number of anilines is 1. The number of nitrogens with one attached hydrogen (secondary N) is 1. The molecule has 0 spiro atoms. The average molecular weight is 532 g/mol. The van der Waals surface area contributed by atoms with Crippen LogP contribution in [-0.2, 0) is 19.1 Å². The molecular weight excluding hydrogens is 509 g/mol. The molecule has 0 aromatic heterocycles. The highest BCUT2D eigenvalue weighted by molar-refractivity contribution is 8.18. The van der Waals surface area contributed by atoms with Crippen molar-refractivity contribution in [2.45, 2.75) is 19.9 Å². The fourth-order valence-electron chi connectivity index (χ4n) is 3.71. The van der Waals surface area contributed by atoms with E-state index in [1.807, 2.05) is 0 Å². The van der Waals surface area contributed by atoms with Crippen molar-refractivity contribution < 1.29 is 28.2 Å². The van der Waals surface area contributed by atoms with Gasteiger partial charge in [-0.1, -0.05) is 12.1 Å². The van der Waals surface area contributed by atoms with Gasteiger partial charge in [0.2, 0.25) is 0 Å². The first-order chi connectivity index (χ1) is 16.8. The third kappa shape index (κ3) is 5.44. The molecule has 11 heteroatoms. The number of benzene rings is 2. The zero-order valence-electron chi connectivity index (χ0n) is 19.6. The molecule has 2 aliphatic heterocycles. The molecule has 36 heavy (non-hydrogen) atoms. The highest BCUT2D eigenvalue weighted by Crippen LogP contribution is 2.42. The summed E-state index contributed by atoms with van der Waals surface area (Å²) >= 11 is 1.01. The molecule has 2 heterocycles. The number of aliphatic imine (C=N–C) groups is 1. The van der Waals surface area contributed by atoms with E-state index in [1.165, 1.54) is 35.2 Å². The first kappa shape index (κ1) is 27.0. The number of halogens is 2. The molecule has 4 rings (SSSR count). The molecule has 1 unspecified atom stereocenters. The normalized spacial score (nSPS) is 16.8. The van der Waals surface area contributed by atoms with Crippen LogP contribution in [0.25, 0.3) is 0 Å². The van der Waals surface area contributed by atoms with E-state index in [0.29, 0.717) is 22.7 Å². The molecule has 2 amide bonds. The highest BCUT2D eigenvalue weighted by Gasteiger charge is 2.42. The lowest BCUT2D eigenvalue weighted by Crippen LogP contribution is -2.45. The van der Waals surface area contributed by atoms with E-state index in [1.54, 1.807) is 45.2 Å². The summed E-state index contributed by atoms with van der Waals surface area (Å²) in [4.78, 5) is 44.9. The summed E-state index contributed by atoms with van der Waals surface area (Å²) in [6.07, 6.45) is 1.20. The van der Waals surface area contributed by atoms with Crippen molar-refractivity contribution in [2.75, 3.05) is 19.0 Å². The first-order valence-corrected chi connectivity index (χ1v) is 11.5. The number of carbonyl (C=O) groups is 3. The van der Waals surface area contributed by atoms with Crippen LogP contribution in [-0.4, -0.2) is 41.6 Å². The van der Waals surface area contributed by atoms with E-state index in [9.17, 15) is 18.8 Å². The lowest BCUT2D eigenvalue weighted by molar-refractivity contribution is -0.139. The topological polar surface area (TPSA) is 97.3 Å². The standard InChI is InChI=1S/C25H22FN3O5S.ClH/c1-4-34-24(32)21-14(2)27-25-29(22(21)15-5-7-16(26)8-6-15)20(30)13-19(35-25)23(31)28-17-9-11-18(33-3)12-10-17;/h5-13,22H,4H2,1-3H3,(H,28,31);1H. The number of hydrogen-bond donors (Lipinski definition) is 1. The Hall–Kier alpha value is -3.63. The third-order valence-corrected chi connectivity index (χ3v) is 6.33. The van der Waals surface area contributed by atoms with Crippen LogP contribution in [0, 0.1) is 5.82 Å². The van der Waals surface area contributed by atoms with E-state index in [-0.39, 0.29) is 34.7 Å². The Morgan fingerprint density at radius 3 is 2.42 bits per heavy atom. The third-order valence-electron chi connectivity index (χ3n) is 5.34. The van der Waals surface area contributed by atoms with Crippen LogP contribution in [0.3, 0.4) is 0 Å². The minimum absolute atomic E-state index is 0. The average Bonchev–Trinajstić information content (AvgIpc) is 2.84. The fraction of sp³-hybridized carbons (Fsp3) is 0.200. The highest BCUT2D eigenvalue weighted by atomic mass is 35.5. The minimum atomic E-state index is -0.885. The number of carbonyl (C=O) groups excluding carboxylic acids is 3. The van der Waals surface area contributed by atoms with Crippen LogP contribution in [0.4, 0.5) is 10.1 Å². The molecule has 0 saturated carbocycles. The number of allylic oxidation sites excluding steroid dienone is 1. The first-order valence-electron chi connectivity index (χ1n) is 10.7. The number of methoxy groups -OCH3 is 1. The van der Waals surface area contributed by atoms with Crippen LogP contribution in [0.15, 0.2) is 75.8 Å². The number of rotatable bonds is 6. The molecule has 188 valence electrons. The van der Waals surface area contributed by atoms with Crippen molar-refractivity contribution in [2.24, 2.45) is 4.99 Å². The Morgan fingerprint density at radius 1 is 1.14 bits per heavy atom. The minimum Gasteiger partial charge on any atom is -0.497 e. The number of nitrogens with zero attached hydrogens (tertiary/aromatic N) is 2. The maximum absolute atomic E-state index is 13.6. The van der Waals surface area contributed by atoms with Gasteiger partial charge in [0, 0.05) is 11.8 Å². The van der Waals surface area contributed by atoms with Crippen LogP contribution in [0.1, 0.15) is 25.5 Å². The van der Waals surface area contributed by atoms with E-state index in [2.05, 4.69) is 10.3 Å². The van der Waals surface area contributed by atoms with Crippen LogP contribution >= 0.6 is 24.2 Å². The summed E-state index contributed by atoms with van der Waals surface area (Å²) in [5, 5.41) is 2.98. The van der Waals surface area contributed by atoms with Crippen molar-refractivity contribution in [3.8, 4) is 5.75 Å². The van der Waals surface area contributed by atoms with E-state index in [4.69, 9.17) is 9.47 Å². The molecule has 1 atom stereocenters. The molecule has 2 aliphatic rings. The SMILES string of the molecule is CCOC(=O)C1=C(C)N=C2SC(C(=O)Nc3ccc(OC)cc3)=CC(=O)N2C1c1ccc(F)cc1.Cl. The zero-order valence-corrected chi connectivity index (χ0v) is 21.2. The van der Waals surface area contributed by atoms with Gasteiger partial charge in [-0.05, 0) is 67.6 Å². The number of thioether (sulfide) groups is 1. The lowest BCUT2D eigenvalue weighted by Gasteiger charge is -2.38. The Balaban J connectivity index is 0.00000361. The molecule has 2 aromatic carbocycles. The van der Waals surface area contributed by atoms with Crippen molar-refractivity contribution >= 4 is 52.8 Å². The van der Waals surface area contributed by atoms with Gasteiger partial charge in [-0.15, -0.1) is 12.4 Å². The van der Waals surface area contributed by atoms with Gasteiger partial charge in [0.1, 0.15) is 11.6 Å². The Labute approximate surface area is 217 Å². The Bertz CT molecular complexity index is 1280. The summed E-state index contributed by atoms with van der Waals surface area (Å²) in [6.45, 7) is 3.45. The van der Waals surface area contributed by atoms with Gasteiger partial charge in [-0.3, -0.25) is 14.5 Å². The fourth-order valence-corrected chi connectivity index (χ4v) is 4.68. The van der Waals surface area contributed by atoms with Crippen LogP contribution < -0.4 is 10.1 Å². The molecule has 0 aliphatic carbocycles. The second-order valence-electron chi connectivity index (χ2n) is 7.57. The zero-order chi connectivity index (χ0) is 25.1. The van der Waals surface area contributed by atoms with Gasteiger partial charge in [-0.2, -0.15) is 0 Å². The summed E-state index contributed by atoms with van der Waals surface area (Å²) in [7, 11) is 1.54. The Kier molecular flexibility index (Phi) is 8.54. The summed E-state index contributed by atoms with van der Waals surface area (Å²) in [5.41, 5.74) is 1.56. The van der Waals surface area contributed by atoms with Crippen molar-refractivity contribution in [3.63, 3.8) is 0 Å². The number of ether oxygens (including phenoxy) is 2. The smallest absolute Gasteiger partial charge is 0.338 e. The molecule has 0 bridgehead atoms. The summed E-state index contributed by atoms with van der Waals surface area (Å²) in [5.74, 6) is -1.44. The van der Waals surface area contributed by atoms with Gasteiger partial charge in [0.15, 0.2) is 5.17 Å². The maximum atomic E-state index is 13.6. The largest absolute Gasteiger partial charge is 0.497 e. The summed E-state index contributed by atoms with van der Waals surface area (Å²) < 4.78 is 23.9. The molecule has 0 fully saturated rings. The van der Waals surface area contributed by atoms with Gasteiger partial charge in [0.25, 0.3) is 11.8 Å².